The highest BCUT2D eigenvalue weighted by molar-refractivity contribution is 7.89. The average Bonchev–Trinajstić information content (AvgIpc) is 3.01. The largest absolute Gasteiger partial charge is 0.424 e. The summed E-state index contributed by atoms with van der Waals surface area (Å²) in [5, 5.41) is 7.74. The van der Waals surface area contributed by atoms with Crippen LogP contribution >= 0.6 is 0 Å². The lowest BCUT2D eigenvalue weighted by molar-refractivity contribution is 0.0221. The van der Waals surface area contributed by atoms with E-state index in [0.717, 1.165) is 12.0 Å². The summed E-state index contributed by atoms with van der Waals surface area (Å²) in [7, 11) is -3.66. The fraction of sp³-hybridized carbons (Fsp3) is 0.467. The van der Waals surface area contributed by atoms with Gasteiger partial charge in [0, 0.05) is 13.5 Å². The highest BCUT2D eigenvalue weighted by Gasteiger charge is 2.38. The highest BCUT2D eigenvalue weighted by atomic mass is 32.2. The minimum absolute atomic E-state index is 0.203. The molecule has 0 unspecified atom stereocenters. The SMILES string of the molecule is CCc1cccc(S(=O)(=O)N2CCOC[C@H]2c2nnc(C)o2)c1. The van der Waals surface area contributed by atoms with E-state index >= 15 is 0 Å². The number of aromatic nitrogens is 2. The average molecular weight is 337 g/mol. The maximum atomic E-state index is 13.0. The van der Waals surface area contributed by atoms with Crippen molar-refractivity contribution in [3.8, 4) is 0 Å². The van der Waals surface area contributed by atoms with Gasteiger partial charge in [0.2, 0.25) is 21.8 Å². The maximum absolute atomic E-state index is 13.0. The molecule has 0 N–H and O–H groups in total. The van der Waals surface area contributed by atoms with Crippen molar-refractivity contribution in [2.75, 3.05) is 19.8 Å². The van der Waals surface area contributed by atoms with Crippen molar-refractivity contribution in [3.05, 3.63) is 41.6 Å². The van der Waals surface area contributed by atoms with E-state index in [9.17, 15) is 8.42 Å². The van der Waals surface area contributed by atoms with Crippen molar-refractivity contribution in [2.45, 2.75) is 31.2 Å². The Labute approximate surface area is 135 Å². The molecule has 0 aliphatic carbocycles. The molecule has 1 saturated heterocycles. The van der Waals surface area contributed by atoms with E-state index < -0.39 is 16.1 Å². The molecule has 3 rings (SSSR count). The Morgan fingerprint density at radius 1 is 1.35 bits per heavy atom. The number of morpholine rings is 1. The summed E-state index contributed by atoms with van der Waals surface area (Å²) in [6.07, 6.45) is 0.777. The summed E-state index contributed by atoms with van der Waals surface area (Å²) in [5.74, 6) is 0.660. The summed E-state index contributed by atoms with van der Waals surface area (Å²) in [5.41, 5.74) is 0.976. The lowest BCUT2D eigenvalue weighted by Gasteiger charge is -2.32. The van der Waals surface area contributed by atoms with Crippen LogP contribution in [0.15, 0.2) is 33.6 Å². The zero-order chi connectivity index (χ0) is 16.4. The molecule has 1 aromatic heterocycles. The van der Waals surface area contributed by atoms with Crippen LogP contribution in [-0.4, -0.2) is 42.7 Å². The highest BCUT2D eigenvalue weighted by Crippen LogP contribution is 2.30. The van der Waals surface area contributed by atoms with Gasteiger partial charge >= 0.3 is 0 Å². The van der Waals surface area contributed by atoms with Crippen LogP contribution in [0, 0.1) is 6.92 Å². The van der Waals surface area contributed by atoms with Crippen molar-refractivity contribution >= 4 is 10.0 Å². The lowest BCUT2D eigenvalue weighted by Crippen LogP contribution is -2.43. The lowest BCUT2D eigenvalue weighted by atomic mass is 10.2. The Morgan fingerprint density at radius 2 is 2.17 bits per heavy atom. The summed E-state index contributed by atoms with van der Waals surface area (Å²) < 4.78 is 38.3. The number of nitrogens with zero attached hydrogens (tertiary/aromatic N) is 3. The molecule has 0 saturated carbocycles. The van der Waals surface area contributed by atoms with Crippen LogP contribution in [-0.2, 0) is 21.2 Å². The van der Waals surface area contributed by atoms with Gasteiger partial charge in [-0.3, -0.25) is 0 Å². The van der Waals surface area contributed by atoms with Gasteiger partial charge in [0.25, 0.3) is 0 Å². The summed E-state index contributed by atoms with van der Waals surface area (Å²) in [4.78, 5) is 0.278. The minimum Gasteiger partial charge on any atom is -0.424 e. The van der Waals surface area contributed by atoms with Gasteiger partial charge in [-0.15, -0.1) is 10.2 Å². The zero-order valence-electron chi connectivity index (χ0n) is 13.1. The summed E-state index contributed by atoms with van der Waals surface area (Å²) in [6.45, 7) is 4.46. The van der Waals surface area contributed by atoms with Crippen molar-refractivity contribution in [2.24, 2.45) is 0 Å². The Hall–Kier alpha value is -1.77. The Bertz CT molecular complexity index is 788. The number of hydrogen-bond donors (Lipinski definition) is 0. The number of aryl methyl sites for hydroxylation is 2. The van der Waals surface area contributed by atoms with Crippen LogP contribution in [0.25, 0.3) is 0 Å². The van der Waals surface area contributed by atoms with E-state index in [1.807, 2.05) is 13.0 Å². The van der Waals surface area contributed by atoms with Gasteiger partial charge in [-0.05, 0) is 24.1 Å². The van der Waals surface area contributed by atoms with Crippen molar-refractivity contribution in [1.29, 1.82) is 0 Å². The molecular formula is C15H19N3O4S. The van der Waals surface area contributed by atoms with Crippen molar-refractivity contribution < 1.29 is 17.6 Å². The first-order chi connectivity index (χ1) is 11.0. The first-order valence-electron chi connectivity index (χ1n) is 7.51. The number of benzene rings is 1. The molecule has 2 heterocycles. The molecule has 124 valence electrons. The predicted octanol–water partition coefficient (Wildman–Crippen LogP) is 1.70. The van der Waals surface area contributed by atoms with E-state index in [1.165, 1.54) is 4.31 Å². The molecule has 2 aromatic rings. The number of hydrogen-bond acceptors (Lipinski definition) is 6. The van der Waals surface area contributed by atoms with Gasteiger partial charge in [0.15, 0.2) is 0 Å². The van der Waals surface area contributed by atoms with Gasteiger partial charge in [0.05, 0.1) is 18.1 Å². The van der Waals surface area contributed by atoms with E-state index in [-0.39, 0.29) is 23.9 Å². The van der Waals surface area contributed by atoms with Crippen LogP contribution in [0.1, 0.15) is 30.3 Å². The third-order valence-corrected chi connectivity index (χ3v) is 5.72. The van der Waals surface area contributed by atoms with Crippen molar-refractivity contribution in [3.63, 3.8) is 0 Å². The first kappa shape index (κ1) is 16.1. The second-order valence-corrected chi connectivity index (χ2v) is 7.26. The fourth-order valence-electron chi connectivity index (χ4n) is 2.58. The molecule has 0 radical (unpaired) electrons. The molecule has 1 aliphatic heterocycles. The molecule has 7 nitrogen and oxygen atoms in total. The topological polar surface area (TPSA) is 85.5 Å². The predicted molar refractivity (Wildman–Crippen MR) is 82.3 cm³/mol. The number of ether oxygens (including phenoxy) is 1. The van der Waals surface area contributed by atoms with E-state index in [4.69, 9.17) is 9.15 Å². The molecule has 1 atom stereocenters. The Morgan fingerprint density at radius 3 is 2.87 bits per heavy atom. The third kappa shape index (κ3) is 3.15. The van der Waals surface area contributed by atoms with Gasteiger partial charge in [-0.25, -0.2) is 8.42 Å². The second kappa shape index (κ2) is 6.38. The van der Waals surface area contributed by atoms with Crippen LogP contribution in [0.5, 0.6) is 0 Å². The van der Waals surface area contributed by atoms with Gasteiger partial charge in [-0.1, -0.05) is 19.1 Å². The van der Waals surface area contributed by atoms with Crippen LogP contribution in [0.4, 0.5) is 0 Å². The maximum Gasteiger partial charge on any atom is 0.243 e. The van der Waals surface area contributed by atoms with E-state index in [0.29, 0.717) is 12.5 Å². The summed E-state index contributed by atoms with van der Waals surface area (Å²) in [6, 6.07) is 6.40. The van der Waals surface area contributed by atoms with Crippen LogP contribution in [0.3, 0.4) is 0 Å². The first-order valence-corrected chi connectivity index (χ1v) is 8.95. The standard InChI is InChI=1S/C15H19N3O4S/c1-3-12-5-4-6-13(9-12)23(19,20)18-7-8-21-10-14(18)15-17-16-11(2)22-15/h4-6,9,14H,3,7-8,10H2,1-2H3/t14-/m0/s1. The molecule has 0 bridgehead atoms. The molecule has 1 aliphatic rings. The minimum atomic E-state index is -3.66. The Balaban J connectivity index is 1.98. The molecule has 1 aromatic carbocycles. The Kier molecular flexibility index (Phi) is 4.47. The smallest absolute Gasteiger partial charge is 0.243 e. The van der Waals surface area contributed by atoms with Gasteiger partial charge in [0.1, 0.15) is 6.04 Å². The number of rotatable bonds is 4. The molecule has 23 heavy (non-hydrogen) atoms. The molecule has 0 spiro atoms. The molecular weight excluding hydrogens is 318 g/mol. The third-order valence-electron chi connectivity index (χ3n) is 3.82. The summed E-state index contributed by atoms with van der Waals surface area (Å²) >= 11 is 0. The van der Waals surface area contributed by atoms with E-state index in [1.54, 1.807) is 25.1 Å². The van der Waals surface area contributed by atoms with Crippen LogP contribution < -0.4 is 0 Å². The van der Waals surface area contributed by atoms with E-state index in [2.05, 4.69) is 10.2 Å². The monoisotopic (exact) mass is 337 g/mol. The quantitative estimate of drug-likeness (QED) is 0.844. The molecule has 0 amide bonds. The van der Waals surface area contributed by atoms with Gasteiger partial charge < -0.3 is 9.15 Å². The molecule has 1 fully saturated rings. The second-order valence-electron chi connectivity index (χ2n) is 5.37. The van der Waals surface area contributed by atoms with Gasteiger partial charge in [-0.2, -0.15) is 4.31 Å². The zero-order valence-corrected chi connectivity index (χ0v) is 13.9. The fourth-order valence-corrected chi connectivity index (χ4v) is 4.20. The normalized spacial score (nSPS) is 19.8. The van der Waals surface area contributed by atoms with Crippen LogP contribution in [0.2, 0.25) is 0 Å². The van der Waals surface area contributed by atoms with Crippen molar-refractivity contribution in [1.82, 2.24) is 14.5 Å². The number of sulfonamides is 1. The molecule has 8 heteroatoms.